The van der Waals surface area contributed by atoms with Gasteiger partial charge in [0.1, 0.15) is 11.0 Å². The standard InChI is InChI=1S/C28H23ClN2O3S/c29-24-13-7-8-14-25(24)31-28(33)27(20-9-3-1-4-10-20)35-23-17-15-21(16-18-23)30-26(32)19-34-22-11-5-2-6-12-22/h1-18,27H,19H2,(H,30,32)(H,31,33). The Kier molecular flexibility index (Phi) is 8.44. The molecule has 1 unspecified atom stereocenters. The molecule has 4 aromatic rings. The van der Waals surface area contributed by atoms with E-state index in [1.54, 1.807) is 36.4 Å². The van der Waals surface area contributed by atoms with Gasteiger partial charge in [-0.1, -0.05) is 72.3 Å². The monoisotopic (exact) mass is 502 g/mol. The Morgan fingerprint density at radius 1 is 0.771 bits per heavy atom. The lowest BCUT2D eigenvalue weighted by Gasteiger charge is -2.18. The van der Waals surface area contributed by atoms with Gasteiger partial charge >= 0.3 is 0 Å². The van der Waals surface area contributed by atoms with Gasteiger partial charge in [0.2, 0.25) is 5.91 Å². The number of amides is 2. The zero-order valence-electron chi connectivity index (χ0n) is 18.7. The number of thioether (sulfide) groups is 1. The maximum absolute atomic E-state index is 13.2. The van der Waals surface area contributed by atoms with E-state index >= 15 is 0 Å². The van der Waals surface area contributed by atoms with Crippen LogP contribution in [0.1, 0.15) is 10.8 Å². The number of nitrogens with one attached hydrogen (secondary N) is 2. The summed E-state index contributed by atoms with van der Waals surface area (Å²) in [4.78, 5) is 26.3. The van der Waals surface area contributed by atoms with Crippen molar-refractivity contribution in [3.05, 3.63) is 120 Å². The van der Waals surface area contributed by atoms with Crippen molar-refractivity contribution in [3.8, 4) is 5.75 Å². The minimum absolute atomic E-state index is 0.0845. The van der Waals surface area contributed by atoms with E-state index in [2.05, 4.69) is 10.6 Å². The molecule has 5 nitrogen and oxygen atoms in total. The quantitative estimate of drug-likeness (QED) is 0.246. The molecule has 176 valence electrons. The van der Waals surface area contributed by atoms with Crippen molar-refractivity contribution in [3.63, 3.8) is 0 Å². The molecule has 2 amide bonds. The Labute approximate surface area is 213 Å². The number of benzene rings is 4. The van der Waals surface area contributed by atoms with Crippen LogP contribution in [0.4, 0.5) is 11.4 Å². The molecule has 0 aliphatic rings. The minimum atomic E-state index is -0.493. The molecular weight excluding hydrogens is 480 g/mol. The van der Waals surface area contributed by atoms with Crippen molar-refractivity contribution in [2.24, 2.45) is 0 Å². The molecule has 0 bridgehead atoms. The predicted molar refractivity (Wildman–Crippen MR) is 142 cm³/mol. The summed E-state index contributed by atoms with van der Waals surface area (Å²) >= 11 is 7.65. The summed E-state index contributed by atoms with van der Waals surface area (Å²) in [7, 11) is 0. The third-order valence-corrected chi connectivity index (χ3v) is 6.57. The highest BCUT2D eigenvalue weighted by molar-refractivity contribution is 8.00. The predicted octanol–water partition coefficient (Wildman–Crippen LogP) is 6.83. The highest BCUT2D eigenvalue weighted by Crippen LogP contribution is 2.37. The molecule has 0 radical (unpaired) electrons. The van der Waals surface area contributed by atoms with E-state index in [-0.39, 0.29) is 18.4 Å². The van der Waals surface area contributed by atoms with Gasteiger partial charge in [0.25, 0.3) is 5.91 Å². The van der Waals surface area contributed by atoms with Gasteiger partial charge in [0.15, 0.2) is 6.61 Å². The van der Waals surface area contributed by atoms with E-state index < -0.39 is 5.25 Å². The Balaban J connectivity index is 1.41. The van der Waals surface area contributed by atoms with E-state index in [0.29, 0.717) is 22.1 Å². The topological polar surface area (TPSA) is 67.4 Å². The second-order valence-corrected chi connectivity index (χ2v) is 9.14. The van der Waals surface area contributed by atoms with Crippen LogP contribution in [0.15, 0.2) is 114 Å². The van der Waals surface area contributed by atoms with E-state index in [4.69, 9.17) is 16.3 Å². The highest BCUT2D eigenvalue weighted by Gasteiger charge is 2.23. The van der Waals surface area contributed by atoms with Gasteiger partial charge in [0, 0.05) is 10.6 Å². The van der Waals surface area contributed by atoms with Crippen molar-refractivity contribution in [1.29, 1.82) is 0 Å². The average Bonchev–Trinajstić information content (AvgIpc) is 2.89. The molecule has 0 saturated carbocycles. The summed E-state index contributed by atoms with van der Waals surface area (Å²) in [6.45, 7) is -0.0845. The normalized spacial score (nSPS) is 11.3. The molecule has 7 heteroatoms. The smallest absolute Gasteiger partial charge is 0.262 e. The number of carbonyl (C=O) groups excluding carboxylic acids is 2. The maximum Gasteiger partial charge on any atom is 0.262 e. The number of rotatable bonds is 9. The van der Waals surface area contributed by atoms with Gasteiger partial charge in [0.05, 0.1) is 10.7 Å². The van der Waals surface area contributed by atoms with Crippen molar-refractivity contribution < 1.29 is 14.3 Å². The summed E-state index contributed by atoms with van der Waals surface area (Å²) in [6, 6.07) is 33.2. The second-order valence-electron chi connectivity index (χ2n) is 7.55. The lowest BCUT2D eigenvalue weighted by atomic mass is 10.1. The highest BCUT2D eigenvalue weighted by atomic mass is 35.5. The Morgan fingerprint density at radius 3 is 2.09 bits per heavy atom. The fourth-order valence-electron chi connectivity index (χ4n) is 3.28. The van der Waals surface area contributed by atoms with Crippen molar-refractivity contribution in [1.82, 2.24) is 0 Å². The number of hydrogen-bond donors (Lipinski definition) is 2. The molecule has 2 N–H and O–H groups in total. The molecule has 0 spiro atoms. The van der Waals surface area contributed by atoms with Gasteiger partial charge in [-0.15, -0.1) is 11.8 Å². The summed E-state index contributed by atoms with van der Waals surface area (Å²) in [5.74, 6) is 0.205. The number of hydrogen-bond acceptors (Lipinski definition) is 4. The van der Waals surface area contributed by atoms with E-state index in [0.717, 1.165) is 10.5 Å². The Bertz CT molecular complexity index is 1270. The first-order valence-corrected chi connectivity index (χ1v) is 12.2. The third kappa shape index (κ3) is 7.12. The molecule has 0 aliphatic heterocycles. The number of ether oxygens (including phenoxy) is 1. The van der Waals surface area contributed by atoms with Crippen LogP contribution in [0.2, 0.25) is 5.02 Å². The molecule has 0 saturated heterocycles. The first-order chi connectivity index (χ1) is 17.1. The third-order valence-electron chi connectivity index (χ3n) is 4.98. The van der Waals surface area contributed by atoms with Crippen molar-refractivity contribution >= 4 is 46.6 Å². The van der Waals surface area contributed by atoms with Gasteiger partial charge < -0.3 is 15.4 Å². The Morgan fingerprint density at radius 2 is 1.40 bits per heavy atom. The number of anilines is 2. The Hall–Kier alpha value is -3.74. The van der Waals surface area contributed by atoms with Gasteiger partial charge in [-0.25, -0.2) is 0 Å². The minimum Gasteiger partial charge on any atom is -0.484 e. The summed E-state index contributed by atoms with van der Waals surface area (Å²) in [5.41, 5.74) is 2.08. The van der Waals surface area contributed by atoms with Crippen LogP contribution in [0.25, 0.3) is 0 Å². The molecule has 4 aromatic carbocycles. The molecule has 0 fully saturated rings. The zero-order valence-corrected chi connectivity index (χ0v) is 20.3. The fraction of sp³-hybridized carbons (Fsp3) is 0.0714. The van der Waals surface area contributed by atoms with Crippen LogP contribution in [-0.4, -0.2) is 18.4 Å². The SMILES string of the molecule is O=C(COc1ccccc1)Nc1ccc(SC(C(=O)Nc2ccccc2Cl)c2ccccc2)cc1. The lowest BCUT2D eigenvalue weighted by Crippen LogP contribution is -2.20. The lowest BCUT2D eigenvalue weighted by molar-refractivity contribution is -0.118. The molecular formula is C28H23ClN2O3S. The molecule has 1 atom stereocenters. The van der Waals surface area contributed by atoms with Crippen LogP contribution < -0.4 is 15.4 Å². The van der Waals surface area contributed by atoms with Crippen LogP contribution in [0, 0.1) is 0 Å². The summed E-state index contributed by atoms with van der Waals surface area (Å²) in [6.07, 6.45) is 0. The van der Waals surface area contributed by atoms with E-state index in [1.807, 2.05) is 72.8 Å². The van der Waals surface area contributed by atoms with Crippen LogP contribution in [-0.2, 0) is 9.59 Å². The maximum atomic E-state index is 13.2. The largest absolute Gasteiger partial charge is 0.484 e. The van der Waals surface area contributed by atoms with Crippen LogP contribution in [0.5, 0.6) is 5.75 Å². The molecule has 35 heavy (non-hydrogen) atoms. The van der Waals surface area contributed by atoms with Crippen LogP contribution in [0.3, 0.4) is 0 Å². The molecule has 0 heterocycles. The molecule has 0 aliphatic carbocycles. The average molecular weight is 503 g/mol. The number of carbonyl (C=O) groups is 2. The number of para-hydroxylation sites is 2. The van der Waals surface area contributed by atoms with Crippen molar-refractivity contribution in [2.45, 2.75) is 10.1 Å². The van der Waals surface area contributed by atoms with Gasteiger partial charge in [-0.2, -0.15) is 0 Å². The fourth-order valence-corrected chi connectivity index (χ4v) is 4.48. The molecule has 4 rings (SSSR count). The molecule has 0 aromatic heterocycles. The van der Waals surface area contributed by atoms with E-state index in [1.165, 1.54) is 11.8 Å². The second kappa shape index (κ2) is 12.1. The first-order valence-electron chi connectivity index (χ1n) is 10.9. The first kappa shape index (κ1) is 24.4. The van der Waals surface area contributed by atoms with Gasteiger partial charge in [-0.3, -0.25) is 9.59 Å². The summed E-state index contributed by atoms with van der Waals surface area (Å²) < 4.78 is 5.48. The van der Waals surface area contributed by atoms with E-state index in [9.17, 15) is 9.59 Å². The van der Waals surface area contributed by atoms with Gasteiger partial charge in [-0.05, 0) is 54.1 Å². The summed E-state index contributed by atoms with van der Waals surface area (Å²) in [5, 5.41) is 5.74. The van der Waals surface area contributed by atoms with Crippen molar-refractivity contribution in [2.75, 3.05) is 17.2 Å². The van der Waals surface area contributed by atoms with Crippen LogP contribution >= 0.6 is 23.4 Å². The zero-order chi connectivity index (χ0) is 24.5. The number of halogens is 1.